The summed E-state index contributed by atoms with van der Waals surface area (Å²) in [4.78, 5) is 37.2. The monoisotopic (exact) mass is 486 g/mol. The van der Waals surface area contributed by atoms with E-state index in [2.05, 4.69) is 0 Å². The molecule has 3 atom stereocenters. The molecule has 1 unspecified atom stereocenters. The maximum absolute atomic E-state index is 13.1. The van der Waals surface area contributed by atoms with Crippen molar-refractivity contribution in [2.45, 2.75) is 52.4 Å². The molecule has 0 aliphatic carbocycles. The van der Waals surface area contributed by atoms with E-state index in [9.17, 15) is 24.6 Å². The van der Waals surface area contributed by atoms with Crippen LogP contribution in [0.15, 0.2) is 60.7 Å². The summed E-state index contributed by atoms with van der Waals surface area (Å²) in [6.07, 6.45) is -2.01. The quantitative estimate of drug-likeness (QED) is 0.434. The summed E-state index contributed by atoms with van der Waals surface area (Å²) in [5.41, 5.74) is -1.14. The largest absolute Gasteiger partial charge is 0.481 e. The average Bonchev–Trinajstić information content (AvgIpc) is 2.80. The highest BCUT2D eigenvalue weighted by Gasteiger charge is 2.48. The van der Waals surface area contributed by atoms with Gasteiger partial charge in [0, 0.05) is 5.41 Å². The van der Waals surface area contributed by atoms with Crippen molar-refractivity contribution < 1.29 is 38.8 Å². The topological polar surface area (TPSA) is 119 Å². The van der Waals surface area contributed by atoms with Crippen LogP contribution in [0.2, 0.25) is 0 Å². The van der Waals surface area contributed by atoms with Gasteiger partial charge in [0.25, 0.3) is 0 Å². The summed E-state index contributed by atoms with van der Waals surface area (Å²) in [6.45, 7) is 6.09. The molecule has 0 aliphatic heterocycles. The van der Waals surface area contributed by atoms with Crippen LogP contribution in [-0.4, -0.2) is 53.0 Å². The van der Waals surface area contributed by atoms with Gasteiger partial charge in [-0.15, -0.1) is 0 Å². The lowest BCUT2D eigenvalue weighted by Crippen LogP contribution is -2.50. The van der Waals surface area contributed by atoms with Gasteiger partial charge in [-0.25, -0.2) is 4.79 Å². The molecule has 8 nitrogen and oxygen atoms in total. The first-order valence-corrected chi connectivity index (χ1v) is 11.4. The number of aliphatic hydroxyl groups is 1. The highest BCUT2D eigenvalue weighted by Crippen LogP contribution is 2.37. The van der Waals surface area contributed by atoms with Gasteiger partial charge in [-0.3, -0.25) is 9.59 Å². The van der Waals surface area contributed by atoms with E-state index >= 15 is 0 Å². The average molecular weight is 487 g/mol. The number of benzene rings is 2. The maximum atomic E-state index is 13.1. The minimum Gasteiger partial charge on any atom is -0.481 e. The van der Waals surface area contributed by atoms with Gasteiger partial charge in [-0.2, -0.15) is 0 Å². The predicted molar refractivity (Wildman–Crippen MR) is 129 cm³/mol. The molecule has 0 aromatic heterocycles. The molecular formula is C27H34O8. The standard InChI is InChI=1S/C27H34O8/c1-26(2,3)35-25(32)21(15-23(29)30)27(4,18-33-16-19-11-7-5-8-12-19)22(28)17-34-24(31)20-13-9-6-10-14-20/h5-14,21-22,28H,15-18H2,1-4H3,(H,29,30)/t21-,22+,27?/m0/s1. The Morgan fingerprint density at radius 2 is 1.49 bits per heavy atom. The number of aliphatic hydroxyl groups excluding tert-OH is 1. The predicted octanol–water partition coefficient (Wildman–Crippen LogP) is 3.86. The molecule has 2 rings (SSSR count). The molecule has 0 saturated heterocycles. The Morgan fingerprint density at radius 3 is 2.03 bits per heavy atom. The third-order valence-corrected chi connectivity index (χ3v) is 5.53. The van der Waals surface area contributed by atoms with E-state index in [0.717, 1.165) is 5.56 Å². The molecule has 0 saturated carbocycles. The lowest BCUT2D eigenvalue weighted by atomic mass is 9.71. The van der Waals surface area contributed by atoms with Crippen LogP contribution in [0.5, 0.6) is 0 Å². The third-order valence-electron chi connectivity index (χ3n) is 5.53. The van der Waals surface area contributed by atoms with E-state index < -0.39 is 54.0 Å². The van der Waals surface area contributed by atoms with Crippen LogP contribution in [0.25, 0.3) is 0 Å². The SMILES string of the molecule is CC(C)(C)OC(=O)[C@H](CC(=O)O)C(C)(COCc1ccccc1)[C@H](O)COC(=O)c1ccccc1. The van der Waals surface area contributed by atoms with Gasteiger partial charge in [0.05, 0.1) is 37.2 Å². The minimum atomic E-state index is -1.44. The van der Waals surface area contributed by atoms with Gasteiger partial charge in [0.2, 0.25) is 0 Å². The number of aliphatic carboxylic acids is 1. The van der Waals surface area contributed by atoms with Crippen LogP contribution in [0.4, 0.5) is 0 Å². The number of hydrogen-bond acceptors (Lipinski definition) is 7. The van der Waals surface area contributed by atoms with Crippen LogP contribution in [-0.2, 0) is 30.4 Å². The van der Waals surface area contributed by atoms with Crippen LogP contribution < -0.4 is 0 Å². The van der Waals surface area contributed by atoms with E-state index in [1.54, 1.807) is 51.1 Å². The summed E-state index contributed by atoms with van der Waals surface area (Å²) in [5.74, 6) is -3.92. The van der Waals surface area contributed by atoms with E-state index in [1.165, 1.54) is 6.92 Å². The highest BCUT2D eigenvalue weighted by molar-refractivity contribution is 5.89. The smallest absolute Gasteiger partial charge is 0.338 e. The van der Waals surface area contributed by atoms with Crippen molar-refractivity contribution in [1.82, 2.24) is 0 Å². The second-order valence-electron chi connectivity index (χ2n) is 9.65. The van der Waals surface area contributed by atoms with Crippen molar-refractivity contribution in [3.8, 4) is 0 Å². The zero-order valence-corrected chi connectivity index (χ0v) is 20.6. The molecular weight excluding hydrogens is 452 g/mol. The Morgan fingerprint density at radius 1 is 0.914 bits per heavy atom. The van der Waals surface area contributed by atoms with Crippen molar-refractivity contribution in [3.05, 3.63) is 71.8 Å². The first-order chi connectivity index (χ1) is 16.4. The maximum Gasteiger partial charge on any atom is 0.338 e. The Labute approximate surface area is 205 Å². The minimum absolute atomic E-state index is 0.177. The fourth-order valence-electron chi connectivity index (χ4n) is 3.53. The zero-order chi connectivity index (χ0) is 26.1. The van der Waals surface area contributed by atoms with Crippen LogP contribution in [0.1, 0.15) is 50.0 Å². The van der Waals surface area contributed by atoms with Gasteiger partial charge >= 0.3 is 17.9 Å². The molecule has 0 aliphatic rings. The van der Waals surface area contributed by atoms with Crippen LogP contribution in [0, 0.1) is 11.3 Å². The molecule has 35 heavy (non-hydrogen) atoms. The molecule has 190 valence electrons. The number of hydrogen-bond donors (Lipinski definition) is 2. The second kappa shape index (κ2) is 12.5. The molecule has 2 N–H and O–H groups in total. The normalized spacial score (nSPS) is 14.9. The van der Waals surface area contributed by atoms with E-state index in [4.69, 9.17) is 14.2 Å². The molecule has 0 spiro atoms. The molecule has 8 heteroatoms. The van der Waals surface area contributed by atoms with E-state index in [0.29, 0.717) is 5.56 Å². The van der Waals surface area contributed by atoms with Gasteiger partial charge in [-0.05, 0) is 38.5 Å². The van der Waals surface area contributed by atoms with Gasteiger partial charge < -0.3 is 24.4 Å². The number of carboxylic acid groups (broad SMARTS) is 1. The number of carbonyl (C=O) groups is 3. The highest BCUT2D eigenvalue weighted by atomic mass is 16.6. The number of carbonyl (C=O) groups excluding carboxylic acids is 2. The Bertz CT molecular complexity index is 968. The number of esters is 2. The summed E-state index contributed by atoms with van der Waals surface area (Å²) < 4.78 is 16.6. The molecule has 0 amide bonds. The van der Waals surface area contributed by atoms with Crippen LogP contribution >= 0.6 is 0 Å². The first-order valence-electron chi connectivity index (χ1n) is 11.4. The number of ether oxygens (including phenoxy) is 3. The Kier molecular flexibility index (Phi) is 9.98. The van der Waals surface area contributed by atoms with E-state index in [-0.39, 0.29) is 13.2 Å². The lowest BCUT2D eigenvalue weighted by molar-refractivity contribution is -0.178. The Hall–Kier alpha value is -3.23. The summed E-state index contributed by atoms with van der Waals surface area (Å²) >= 11 is 0. The molecule has 2 aromatic carbocycles. The van der Waals surface area contributed by atoms with Crippen molar-refractivity contribution in [3.63, 3.8) is 0 Å². The molecule has 0 fully saturated rings. The van der Waals surface area contributed by atoms with Gasteiger partial charge in [0.15, 0.2) is 0 Å². The molecule has 0 radical (unpaired) electrons. The molecule has 0 bridgehead atoms. The third kappa shape index (κ3) is 8.81. The first kappa shape index (κ1) is 28.0. The fraction of sp³-hybridized carbons (Fsp3) is 0.444. The van der Waals surface area contributed by atoms with Crippen molar-refractivity contribution >= 4 is 17.9 Å². The number of rotatable bonds is 12. The van der Waals surface area contributed by atoms with E-state index in [1.807, 2.05) is 30.3 Å². The Balaban J connectivity index is 2.27. The van der Waals surface area contributed by atoms with Crippen molar-refractivity contribution in [1.29, 1.82) is 0 Å². The van der Waals surface area contributed by atoms with Crippen molar-refractivity contribution in [2.24, 2.45) is 11.3 Å². The lowest BCUT2D eigenvalue weighted by Gasteiger charge is -2.40. The molecule has 0 heterocycles. The summed E-state index contributed by atoms with van der Waals surface area (Å²) in [5, 5.41) is 20.7. The van der Waals surface area contributed by atoms with Crippen molar-refractivity contribution in [2.75, 3.05) is 13.2 Å². The fourth-order valence-corrected chi connectivity index (χ4v) is 3.53. The summed E-state index contributed by atoms with van der Waals surface area (Å²) in [6, 6.07) is 17.5. The molecule has 2 aromatic rings. The number of carboxylic acids is 1. The van der Waals surface area contributed by atoms with Gasteiger partial charge in [-0.1, -0.05) is 55.5 Å². The zero-order valence-electron chi connectivity index (χ0n) is 20.6. The second-order valence-corrected chi connectivity index (χ2v) is 9.65. The van der Waals surface area contributed by atoms with Gasteiger partial charge in [0.1, 0.15) is 12.2 Å². The summed E-state index contributed by atoms with van der Waals surface area (Å²) in [7, 11) is 0. The van der Waals surface area contributed by atoms with Crippen LogP contribution in [0.3, 0.4) is 0 Å².